The Balaban J connectivity index is 2.06. The number of hydrogen-bond acceptors (Lipinski definition) is 4. The van der Waals surface area contributed by atoms with E-state index in [1.54, 1.807) is 6.08 Å². The summed E-state index contributed by atoms with van der Waals surface area (Å²) in [5, 5.41) is 3.78. The number of rotatable bonds is 2. The lowest BCUT2D eigenvalue weighted by molar-refractivity contribution is -0.138. The van der Waals surface area contributed by atoms with Gasteiger partial charge in [-0.2, -0.15) is 18.3 Å². The van der Waals surface area contributed by atoms with Crippen LogP contribution in [0, 0.1) is 0 Å². The number of cyclic esters (lactones) is 1. The number of alkyl halides is 3. The van der Waals surface area contributed by atoms with Gasteiger partial charge in [0.15, 0.2) is 0 Å². The van der Waals surface area contributed by atoms with Crippen molar-refractivity contribution < 1.29 is 22.7 Å². The van der Waals surface area contributed by atoms with Crippen LogP contribution in [0.5, 0.6) is 0 Å². The van der Waals surface area contributed by atoms with Crippen LogP contribution in [0.3, 0.4) is 0 Å². The zero-order chi connectivity index (χ0) is 16.6. The molecular formula is C15H14F3N3O2. The molecule has 3 rings (SSSR count). The molecule has 2 aliphatic rings. The van der Waals surface area contributed by atoms with Gasteiger partial charge in [0.1, 0.15) is 11.8 Å². The van der Waals surface area contributed by atoms with E-state index in [0.29, 0.717) is 12.0 Å². The first kappa shape index (κ1) is 15.5. The Kier molecular flexibility index (Phi) is 3.83. The van der Waals surface area contributed by atoms with Gasteiger partial charge in [0.25, 0.3) is 0 Å². The number of pyridine rings is 1. The van der Waals surface area contributed by atoms with Gasteiger partial charge >= 0.3 is 12.3 Å². The number of allylic oxidation sites excluding steroid dienone is 2. The zero-order valence-electron chi connectivity index (χ0n) is 12.3. The molecule has 0 saturated carbocycles. The summed E-state index contributed by atoms with van der Waals surface area (Å²) in [5.41, 5.74) is 2.26. The number of carbonyl (C=O) groups excluding carboxylic acids is 1. The lowest BCUT2D eigenvalue weighted by Crippen LogP contribution is -2.37. The summed E-state index contributed by atoms with van der Waals surface area (Å²) in [6, 6.07) is 1.01. The highest BCUT2D eigenvalue weighted by molar-refractivity contribution is 6.05. The first-order valence-electron chi connectivity index (χ1n) is 7.17. The molecule has 2 heterocycles. The van der Waals surface area contributed by atoms with Crippen LogP contribution in [0.2, 0.25) is 0 Å². The van der Waals surface area contributed by atoms with E-state index in [4.69, 9.17) is 4.74 Å². The lowest BCUT2D eigenvalue weighted by atomic mass is 10.00. The van der Waals surface area contributed by atoms with Gasteiger partial charge in [0, 0.05) is 11.8 Å². The second kappa shape index (κ2) is 5.68. The molecule has 1 aliphatic carbocycles. The molecule has 8 heteroatoms. The number of hydrogen-bond donors (Lipinski definition) is 1. The quantitative estimate of drug-likeness (QED) is 0.905. The molecule has 0 saturated heterocycles. The second-order valence-corrected chi connectivity index (χ2v) is 5.40. The fourth-order valence-corrected chi connectivity index (χ4v) is 2.70. The largest absolute Gasteiger partial charge is 0.439 e. The molecule has 5 nitrogen and oxygen atoms in total. The predicted octanol–water partition coefficient (Wildman–Crippen LogP) is 3.50. The number of nitrogens with zero attached hydrogens (tertiary/aromatic N) is 2. The van der Waals surface area contributed by atoms with Gasteiger partial charge in [-0.1, -0.05) is 6.08 Å². The van der Waals surface area contributed by atoms with Crippen LogP contribution in [-0.4, -0.2) is 22.9 Å². The maximum absolute atomic E-state index is 13.4. The van der Waals surface area contributed by atoms with Crippen molar-refractivity contribution in [3.63, 3.8) is 0 Å². The molecule has 0 aromatic carbocycles. The van der Waals surface area contributed by atoms with E-state index in [0.717, 1.165) is 18.9 Å². The van der Waals surface area contributed by atoms with Crippen LogP contribution in [-0.2, 0) is 10.9 Å². The van der Waals surface area contributed by atoms with Crippen molar-refractivity contribution in [1.82, 2.24) is 10.4 Å². The van der Waals surface area contributed by atoms with Gasteiger partial charge in [-0.3, -0.25) is 4.98 Å². The third-order valence-electron chi connectivity index (χ3n) is 3.77. The van der Waals surface area contributed by atoms with E-state index in [1.807, 2.05) is 0 Å². The summed E-state index contributed by atoms with van der Waals surface area (Å²) in [4.78, 5) is 15.1. The minimum absolute atomic E-state index is 0.0345. The lowest BCUT2D eigenvalue weighted by Gasteiger charge is -2.21. The molecule has 0 spiro atoms. The van der Waals surface area contributed by atoms with Crippen molar-refractivity contribution >= 4 is 17.4 Å². The van der Waals surface area contributed by atoms with Crippen LogP contribution in [0.25, 0.3) is 5.57 Å². The number of nitrogens with one attached hydrogen (secondary N) is 1. The summed E-state index contributed by atoms with van der Waals surface area (Å²) < 4.78 is 45.1. The molecule has 0 radical (unpaired) electrons. The fourth-order valence-electron chi connectivity index (χ4n) is 2.70. The Morgan fingerprint density at radius 2 is 2.17 bits per heavy atom. The molecular weight excluding hydrogens is 311 g/mol. The summed E-state index contributed by atoms with van der Waals surface area (Å²) >= 11 is 0. The van der Waals surface area contributed by atoms with Crippen LogP contribution >= 0.6 is 0 Å². The molecule has 1 aliphatic heterocycles. The smallest absolute Gasteiger partial charge is 0.428 e. The minimum Gasteiger partial charge on any atom is -0.439 e. The normalized spacial score (nSPS) is 21.4. The van der Waals surface area contributed by atoms with Crippen LogP contribution in [0.1, 0.15) is 43.0 Å². The van der Waals surface area contributed by atoms with Crippen LogP contribution in [0.4, 0.5) is 18.0 Å². The summed E-state index contributed by atoms with van der Waals surface area (Å²) in [6.45, 7) is 1.54. The van der Waals surface area contributed by atoms with E-state index >= 15 is 0 Å². The van der Waals surface area contributed by atoms with E-state index < -0.39 is 23.9 Å². The van der Waals surface area contributed by atoms with E-state index in [9.17, 15) is 18.0 Å². The second-order valence-electron chi connectivity index (χ2n) is 5.40. The summed E-state index contributed by atoms with van der Waals surface area (Å²) in [5.74, 6) is 0. The van der Waals surface area contributed by atoms with Gasteiger partial charge in [-0.25, -0.2) is 10.2 Å². The Morgan fingerprint density at radius 3 is 2.78 bits per heavy atom. The molecule has 0 bridgehead atoms. The van der Waals surface area contributed by atoms with E-state index in [-0.39, 0.29) is 17.0 Å². The number of carbonyl (C=O) groups is 1. The Morgan fingerprint density at radius 1 is 1.39 bits per heavy atom. The molecule has 1 atom stereocenters. The Labute approximate surface area is 130 Å². The van der Waals surface area contributed by atoms with Crippen molar-refractivity contribution in [3.8, 4) is 0 Å². The topological polar surface area (TPSA) is 63.6 Å². The average molecular weight is 325 g/mol. The third kappa shape index (κ3) is 3.06. The van der Waals surface area contributed by atoms with E-state index in [2.05, 4.69) is 15.5 Å². The average Bonchev–Trinajstić information content (AvgIpc) is 3.00. The third-order valence-corrected chi connectivity index (χ3v) is 3.77. The summed E-state index contributed by atoms with van der Waals surface area (Å²) in [6.07, 6.45) is -0.696. The maximum Gasteiger partial charge on any atom is 0.428 e. The van der Waals surface area contributed by atoms with Crippen molar-refractivity contribution in [1.29, 1.82) is 0 Å². The van der Waals surface area contributed by atoms with Gasteiger partial charge in [-0.15, -0.1) is 0 Å². The van der Waals surface area contributed by atoms with Gasteiger partial charge in [0.2, 0.25) is 0 Å². The number of aromatic nitrogens is 1. The number of amides is 1. The van der Waals surface area contributed by atoms with Crippen molar-refractivity contribution in [2.24, 2.45) is 5.10 Å². The number of ether oxygens (including phenoxy) is 1. The monoisotopic (exact) mass is 325 g/mol. The molecule has 1 unspecified atom stereocenters. The van der Waals surface area contributed by atoms with Gasteiger partial charge < -0.3 is 4.74 Å². The Hall–Kier alpha value is -2.38. The predicted molar refractivity (Wildman–Crippen MR) is 76.7 cm³/mol. The molecule has 0 fully saturated rings. The Bertz CT molecular complexity index is 710. The van der Waals surface area contributed by atoms with Crippen molar-refractivity contribution in [3.05, 3.63) is 35.2 Å². The molecule has 1 N–H and O–H groups in total. The summed E-state index contributed by atoms with van der Waals surface area (Å²) in [7, 11) is 0. The highest BCUT2D eigenvalue weighted by Crippen LogP contribution is 2.38. The zero-order valence-corrected chi connectivity index (χ0v) is 12.3. The first-order valence-corrected chi connectivity index (χ1v) is 7.17. The highest BCUT2D eigenvalue weighted by atomic mass is 19.4. The maximum atomic E-state index is 13.4. The highest BCUT2D eigenvalue weighted by Gasteiger charge is 2.36. The first-order chi connectivity index (χ1) is 10.9. The van der Waals surface area contributed by atoms with E-state index in [1.165, 1.54) is 13.1 Å². The van der Waals surface area contributed by atoms with Crippen LogP contribution in [0.15, 0.2) is 23.4 Å². The fraction of sp³-hybridized carbons (Fsp3) is 0.400. The molecule has 1 aromatic rings. The van der Waals surface area contributed by atoms with Crippen molar-refractivity contribution in [2.45, 2.75) is 38.5 Å². The molecule has 122 valence electrons. The molecule has 1 amide bonds. The minimum atomic E-state index is -4.52. The SMILES string of the molecule is CC1OC(=O)NN=C1c1cnc(C2=CCCC2)c(C(F)(F)F)c1. The van der Waals surface area contributed by atoms with Crippen LogP contribution < -0.4 is 5.43 Å². The standard InChI is InChI=1S/C15H14F3N3O2/c1-8-12(20-21-14(22)23-8)10-6-11(15(16,17)18)13(19-7-10)9-4-2-3-5-9/h4,6-8H,2-3,5H2,1H3,(H,21,22). The number of halogens is 3. The number of hydrazone groups is 1. The van der Waals surface area contributed by atoms with Gasteiger partial charge in [-0.05, 0) is 37.8 Å². The van der Waals surface area contributed by atoms with Gasteiger partial charge in [0.05, 0.1) is 11.3 Å². The van der Waals surface area contributed by atoms with Crippen molar-refractivity contribution in [2.75, 3.05) is 0 Å². The molecule has 23 heavy (non-hydrogen) atoms. The molecule has 1 aromatic heterocycles.